The van der Waals surface area contributed by atoms with Gasteiger partial charge >= 0.3 is 0 Å². The van der Waals surface area contributed by atoms with E-state index >= 15 is 0 Å². The predicted molar refractivity (Wildman–Crippen MR) is 114 cm³/mol. The highest BCUT2D eigenvalue weighted by Gasteiger charge is 2.11. The molecule has 1 N–H and O–H groups in total. The molecular formula is C22H33N5. The van der Waals surface area contributed by atoms with Crippen molar-refractivity contribution in [3.05, 3.63) is 24.3 Å². The minimum atomic E-state index is 0.629. The third-order valence-electron chi connectivity index (χ3n) is 5.32. The van der Waals surface area contributed by atoms with Crippen LogP contribution in [0.4, 0.5) is 5.95 Å². The van der Waals surface area contributed by atoms with Crippen molar-refractivity contribution in [2.45, 2.75) is 71.1 Å². The molecule has 3 aromatic rings. The SMILES string of the molecule is CCCCCCCCCCCCNc1nnc2c3ccccc3n(C)c2n1. The molecule has 0 fully saturated rings. The van der Waals surface area contributed by atoms with Gasteiger partial charge in [-0.25, -0.2) is 0 Å². The van der Waals surface area contributed by atoms with E-state index in [0.717, 1.165) is 35.0 Å². The van der Waals surface area contributed by atoms with Gasteiger partial charge in [-0.3, -0.25) is 0 Å². The van der Waals surface area contributed by atoms with Crippen molar-refractivity contribution in [2.24, 2.45) is 7.05 Å². The minimum Gasteiger partial charge on any atom is -0.353 e. The van der Waals surface area contributed by atoms with E-state index in [2.05, 4.69) is 44.1 Å². The van der Waals surface area contributed by atoms with Crippen LogP contribution in [0.1, 0.15) is 71.1 Å². The molecule has 0 radical (unpaired) electrons. The van der Waals surface area contributed by atoms with Crippen LogP contribution in [0.5, 0.6) is 0 Å². The summed E-state index contributed by atoms with van der Waals surface area (Å²) in [5.41, 5.74) is 2.90. The van der Waals surface area contributed by atoms with Crippen molar-refractivity contribution in [2.75, 3.05) is 11.9 Å². The second kappa shape index (κ2) is 10.2. The van der Waals surface area contributed by atoms with Gasteiger partial charge in [-0.15, -0.1) is 10.2 Å². The molecule has 0 aliphatic rings. The number of hydrogen-bond donors (Lipinski definition) is 1. The predicted octanol–water partition coefficient (Wildman–Crippen LogP) is 5.85. The normalized spacial score (nSPS) is 11.5. The number of para-hydroxylation sites is 1. The van der Waals surface area contributed by atoms with Crippen molar-refractivity contribution in [1.82, 2.24) is 19.7 Å². The third kappa shape index (κ3) is 5.18. The van der Waals surface area contributed by atoms with Gasteiger partial charge in [0.2, 0.25) is 5.95 Å². The number of fused-ring (bicyclic) bond motifs is 3. The molecule has 5 heteroatoms. The van der Waals surface area contributed by atoms with E-state index in [1.54, 1.807) is 0 Å². The second-order valence-electron chi connectivity index (χ2n) is 7.49. The Labute approximate surface area is 162 Å². The lowest BCUT2D eigenvalue weighted by atomic mass is 10.1. The van der Waals surface area contributed by atoms with Crippen molar-refractivity contribution >= 4 is 28.0 Å². The fraction of sp³-hybridized carbons (Fsp3) is 0.591. The molecule has 2 heterocycles. The summed E-state index contributed by atoms with van der Waals surface area (Å²) >= 11 is 0. The van der Waals surface area contributed by atoms with Gasteiger partial charge in [0.25, 0.3) is 0 Å². The van der Waals surface area contributed by atoms with Gasteiger partial charge in [0.05, 0.1) is 5.52 Å². The van der Waals surface area contributed by atoms with Crippen LogP contribution in [0.15, 0.2) is 24.3 Å². The van der Waals surface area contributed by atoms with Crippen molar-refractivity contribution in [3.63, 3.8) is 0 Å². The van der Waals surface area contributed by atoms with Crippen LogP contribution in [-0.2, 0) is 7.05 Å². The molecule has 0 bridgehead atoms. The highest BCUT2D eigenvalue weighted by Crippen LogP contribution is 2.24. The van der Waals surface area contributed by atoms with Crippen LogP contribution in [0.25, 0.3) is 22.1 Å². The summed E-state index contributed by atoms with van der Waals surface area (Å²) in [6.07, 6.45) is 13.5. The minimum absolute atomic E-state index is 0.629. The Morgan fingerprint density at radius 3 is 2.26 bits per heavy atom. The first-order valence-electron chi connectivity index (χ1n) is 10.6. The number of hydrogen-bond acceptors (Lipinski definition) is 4. The monoisotopic (exact) mass is 367 g/mol. The number of unbranched alkanes of at least 4 members (excludes halogenated alkanes) is 9. The molecule has 0 unspecified atom stereocenters. The first kappa shape index (κ1) is 19.6. The second-order valence-corrected chi connectivity index (χ2v) is 7.49. The summed E-state index contributed by atoms with van der Waals surface area (Å²) in [5.74, 6) is 0.629. The summed E-state index contributed by atoms with van der Waals surface area (Å²) in [7, 11) is 2.03. The molecule has 0 aliphatic carbocycles. The molecule has 0 atom stereocenters. The maximum absolute atomic E-state index is 4.67. The van der Waals surface area contributed by atoms with E-state index in [-0.39, 0.29) is 0 Å². The zero-order valence-corrected chi connectivity index (χ0v) is 16.9. The van der Waals surface area contributed by atoms with Crippen LogP contribution in [0, 0.1) is 0 Å². The highest BCUT2D eigenvalue weighted by molar-refractivity contribution is 6.04. The lowest BCUT2D eigenvalue weighted by Gasteiger charge is -2.05. The Bertz CT molecular complexity index is 839. The Hall–Kier alpha value is -2.17. The Morgan fingerprint density at radius 2 is 1.52 bits per heavy atom. The molecule has 146 valence electrons. The topological polar surface area (TPSA) is 55.6 Å². The van der Waals surface area contributed by atoms with Crippen molar-refractivity contribution < 1.29 is 0 Å². The smallest absolute Gasteiger partial charge is 0.244 e. The molecule has 0 spiro atoms. The molecule has 27 heavy (non-hydrogen) atoms. The molecule has 2 aromatic heterocycles. The highest BCUT2D eigenvalue weighted by atomic mass is 15.3. The van der Waals surface area contributed by atoms with Crippen molar-refractivity contribution in [1.29, 1.82) is 0 Å². The van der Waals surface area contributed by atoms with Crippen LogP contribution in [0.3, 0.4) is 0 Å². The van der Waals surface area contributed by atoms with Crippen LogP contribution < -0.4 is 5.32 Å². The summed E-state index contributed by atoms with van der Waals surface area (Å²) in [4.78, 5) is 4.67. The molecule has 0 saturated heterocycles. The quantitative estimate of drug-likeness (QED) is 0.408. The Kier molecular flexibility index (Phi) is 7.43. The fourth-order valence-corrected chi connectivity index (χ4v) is 3.69. The van der Waals surface area contributed by atoms with Crippen LogP contribution in [0.2, 0.25) is 0 Å². The zero-order chi connectivity index (χ0) is 18.9. The van der Waals surface area contributed by atoms with Crippen LogP contribution in [-0.4, -0.2) is 26.3 Å². The largest absolute Gasteiger partial charge is 0.353 e. The molecule has 0 saturated carbocycles. The summed E-state index contributed by atoms with van der Waals surface area (Å²) in [6, 6.07) is 8.24. The molecule has 0 amide bonds. The first-order chi connectivity index (χ1) is 13.3. The number of nitrogens with one attached hydrogen (secondary N) is 1. The number of benzene rings is 1. The molecule has 1 aromatic carbocycles. The number of rotatable bonds is 12. The maximum Gasteiger partial charge on any atom is 0.244 e. The van der Waals surface area contributed by atoms with Gasteiger partial charge in [0.1, 0.15) is 5.52 Å². The molecular weight excluding hydrogens is 334 g/mol. The van der Waals surface area contributed by atoms with Crippen LogP contribution >= 0.6 is 0 Å². The van der Waals surface area contributed by atoms with Gasteiger partial charge in [-0.1, -0.05) is 82.9 Å². The summed E-state index contributed by atoms with van der Waals surface area (Å²) in [6.45, 7) is 3.18. The average Bonchev–Trinajstić information content (AvgIpc) is 2.98. The van der Waals surface area contributed by atoms with E-state index in [0.29, 0.717) is 5.95 Å². The van der Waals surface area contributed by atoms with E-state index in [1.807, 2.05) is 19.2 Å². The lowest BCUT2D eigenvalue weighted by molar-refractivity contribution is 0.559. The number of aryl methyl sites for hydroxylation is 1. The van der Waals surface area contributed by atoms with Gasteiger partial charge in [0, 0.05) is 19.0 Å². The average molecular weight is 368 g/mol. The number of anilines is 1. The first-order valence-corrected chi connectivity index (χ1v) is 10.6. The van der Waals surface area contributed by atoms with E-state index in [4.69, 9.17) is 0 Å². The van der Waals surface area contributed by atoms with Gasteiger partial charge in [-0.05, 0) is 12.5 Å². The number of aromatic nitrogens is 4. The van der Waals surface area contributed by atoms with Gasteiger partial charge in [0.15, 0.2) is 5.65 Å². The van der Waals surface area contributed by atoms with E-state index in [1.165, 1.54) is 57.8 Å². The Morgan fingerprint density at radius 1 is 0.852 bits per heavy atom. The molecule has 5 nitrogen and oxygen atoms in total. The zero-order valence-electron chi connectivity index (χ0n) is 16.9. The lowest BCUT2D eigenvalue weighted by Crippen LogP contribution is -2.07. The van der Waals surface area contributed by atoms with E-state index in [9.17, 15) is 0 Å². The maximum atomic E-state index is 4.67. The van der Waals surface area contributed by atoms with Gasteiger partial charge in [-0.2, -0.15) is 4.98 Å². The fourth-order valence-electron chi connectivity index (χ4n) is 3.69. The summed E-state index contributed by atoms with van der Waals surface area (Å²) in [5, 5.41) is 13.1. The molecule has 3 rings (SSSR count). The molecule has 0 aliphatic heterocycles. The van der Waals surface area contributed by atoms with Gasteiger partial charge < -0.3 is 9.88 Å². The Balaban J connectivity index is 1.38. The van der Waals surface area contributed by atoms with Crippen molar-refractivity contribution in [3.8, 4) is 0 Å². The van der Waals surface area contributed by atoms with E-state index < -0.39 is 0 Å². The third-order valence-corrected chi connectivity index (χ3v) is 5.32. The standard InChI is InChI=1S/C22H33N5/c1-3-4-5-6-7-8-9-10-11-14-17-23-22-24-21-20(25-26-22)18-15-12-13-16-19(18)27(21)2/h12-13,15-16H,3-11,14,17H2,1-2H3,(H,23,24,26). The number of nitrogens with zero attached hydrogens (tertiary/aromatic N) is 4. The summed E-state index contributed by atoms with van der Waals surface area (Å²) < 4.78 is 2.09.